The van der Waals surface area contributed by atoms with Crippen molar-refractivity contribution in [2.24, 2.45) is 0 Å². The largest absolute Gasteiger partial charge is 0.394 e. The Morgan fingerprint density at radius 2 is 1.89 bits per heavy atom. The van der Waals surface area contributed by atoms with Crippen molar-refractivity contribution in [2.75, 3.05) is 19.0 Å². The molecule has 0 aliphatic rings. The second-order valence-corrected chi connectivity index (χ2v) is 3.83. The highest BCUT2D eigenvalue weighted by molar-refractivity contribution is 5.89. The molecule has 1 aromatic carbocycles. The summed E-state index contributed by atoms with van der Waals surface area (Å²) in [6.07, 6.45) is 0. The van der Waals surface area contributed by atoms with Crippen molar-refractivity contribution >= 4 is 11.7 Å². The molecule has 1 atom stereocenters. The Balaban J connectivity index is 2.82. The van der Waals surface area contributed by atoms with E-state index in [1.54, 1.807) is 6.92 Å². The van der Waals surface area contributed by atoms with Gasteiger partial charge in [-0.3, -0.25) is 0 Å². The summed E-state index contributed by atoms with van der Waals surface area (Å²) in [5.74, 6) is -4.36. The van der Waals surface area contributed by atoms with Gasteiger partial charge in [0.25, 0.3) is 0 Å². The molecular weight excluding hydrogens is 249 g/mol. The zero-order valence-electron chi connectivity index (χ0n) is 9.88. The van der Waals surface area contributed by atoms with E-state index in [9.17, 15) is 18.0 Å². The molecule has 2 amide bonds. The van der Waals surface area contributed by atoms with Gasteiger partial charge in [-0.05, 0) is 6.92 Å². The fraction of sp³-hybridized carbons (Fsp3) is 0.364. The first-order valence-corrected chi connectivity index (χ1v) is 5.16. The second kappa shape index (κ2) is 5.72. The highest BCUT2D eigenvalue weighted by Crippen LogP contribution is 2.17. The SMILES string of the molecule is CC(CO)N(C)C(=O)Nc1cc(F)c(F)c(F)c1. The number of hydrogen-bond acceptors (Lipinski definition) is 2. The van der Waals surface area contributed by atoms with Gasteiger partial charge in [-0.25, -0.2) is 18.0 Å². The van der Waals surface area contributed by atoms with Crippen LogP contribution in [0.2, 0.25) is 0 Å². The number of likely N-dealkylation sites (N-methyl/N-ethyl adjacent to an activating group) is 1. The van der Waals surface area contributed by atoms with Gasteiger partial charge in [0, 0.05) is 24.9 Å². The summed E-state index contributed by atoms with van der Waals surface area (Å²) in [6.45, 7) is 1.33. The van der Waals surface area contributed by atoms with Crippen LogP contribution < -0.4 is 5.32 Å². The molecule has 4 nitrogen and oxygen atoms in total. The Labute approximate surface area is 102 Å². The molecule has 0 bridgehead atoms. The van der Waals surface area contributed by atoms with Gasteiger partial charge in [0.15, 0.2) is 17.5 Å². The van der Waals surface area contributed by atoms with E-state index in [0.29, 0.717) is 12.1 Å². The first-order chi connectivity index (χ1) is 8.36. The molecule has 2 N–H and O–H groups in total. The topological polar surface area (TPSA) is 52.6 Å². The third-order valence-electron chi connectivity index (χ3n) is 2.48. The van der Waals surface area contributed by atoms with Gasteiger partial charge >= 0.3 is 6.03 Å². The molecule has 1 rings (SSSR count). The number of aliphatic hydroxyl groups excluding tert-OH is 1. The quantitative estimate of drug-likeness (QED) is 0.818. The van der Waals surface area contributed by atoms with Crippen LogP contribution in [-0.2, 0) is 0 Å². The van der Waals surface area contributed by atoms with Crippen molar-refractivity contribution in [3.63, 3.8) is 0 Å². The number of nitrogens with zero attached hydrogens (tertiary/aromatic N) is 1. The zero-order valence-corrected chi connectivity index (χ0v) is 9.88. The van der Waals surface area contributed by atoms with E-state index in [-0.39, 0.29) is 12.3 Å². The van der Waals surface area contributed by atoms with Crippen molar-refractivity contribution in [1.29, 1.82) is 0 Å². The van der Waals surface area contributed by atoms with E-state index < -0.39 is 29.5 Å². The van der Waals surface area contributed by atoms with Gasteiger partial charge in [0.05, 0.1) is 12.6 Å². The molecule has 0 aliphatic heterocycles. The number of nitrogens with one attached hydrogen (secondary N) is 1. The van der Waals surface area contributed by atoms with Crippen molar-refractivity contribution in [2.45, 2.75) is 13.0 Å². The maximum atomic E-state index is 12.9. The molecule has 0 saturated carbocycles. The Morgan fingerprint density at radius 3 is 2.33 bits per heavy atom. The van der Waals surface area contributed by atoms with E-state index in [1.165, 1.54) is 7.05 Å². The van der Waals surface area contributed by atoms with Gasteiger partial charge in [0.1, 0.15) is 0 Å². The Kier molecular flexibility index (Phi) is 4.55. The number of aliphatic hydroxyl groups is 1. The molecule has 0 saturated heterocycles. The van der Waals surface area contributed by atoms with Crippen LogP contribution in [0.4, 0.5) is 23.7 Å². The summed E-state index contributed by atoms with van der Waals surface area (Å²) in [4.78, 5) is 12.7. The maximum absolute atomic E-state index is 12.9. The maximum Gasteiger partial charge on any atom is 0.321 e. The van der Waals surface area contributed by atoms with E-state index in [0.717, 1.165) is 4.90 Å². The number of halogens is 3. The Hall–Kier alpha value is -1.76. The molecule has 7 heteroatoms. The standard InChI is InChI=1S/C11H13F3N2O2/c1-6(5-17)16(2)11(18)15-7-3-8(12)10(14)9(13)4-7/h3-4,6,17H,5H2,1-2H3,(H,15,18). The summed E-state index contributed by atoms with van der Waals surface area (Å²) >= 11 is 0. The molecule has 1 unspecified atom stereocenters. The third kappa shape index (κ3) is 3.13. The first-order valence-electron chi connectivity index (χ1n) is 5.16. The van der Waals surface area contributed by atoms with Crippen LogP contribution in [0.5, 0.6) is 0 Å². The average molecular weight is 262 g/mol. The van der Waals surface area contributed by atoms with Crippen LogP contribution >= 0.6 is 0 Å². The Morgan fingerprint density at radius 1 is 1.39 bits per heavy atom. The molecule has 0 spiro atoms. The average Bonchev–Trinajstić information content (AvgIpc) is 2.33. The molecule has 0 aromatic heterocycles. The number of carbonyl (C=O) groups excluding carboxylic acids is 1. The van der Waals surface area contributed by atoms with Crippen LogP contribution in [0, 0.1) is 17.5 Å². The number of urea groups is 1. The zero-order chi connectivity index (χ0) is 13.9. The monoisotopic (exact) mass is 262 g/mol. The predicted octanol–water partition coefficient (Wildman–Crippen LogP) is 1.95. The minimum atomic E-state index is -1.59. The fourth-order valence-electron chi connectivity index (χ4n) is 1.16. The van der Waals surface area contributed by atoms with Crippen LogP contribution in [0.1, 0.15) is 6.92 Å². The molecule has 1 aromatic rings. The third-order valence-corrected chi connectivity index (χ3v) is 2.48. The fourth-order valence-corrected chi connectivity index (χ4v) is 1.16. The second-order valence-electron chi connectivity index (χ2n) is 3.83. The minimum Gasteiger partial charge on any atom is -0.394 e. The van der Waals surface area contributed by atoms with E-state index >= 15 is 0 Å². The lowest BCUT2D eigenvalue weighted by Crippen LogP contribution is -2.40. The van der Waals surface area contributed by atoms with Crippen molar-refractivity contribution in [3.05, 3.63) is 29.6 Å². The van der Waals surface area contributed by atoms with Crippen molar-refractivity contribution in [3.8, 4) is 0 Å². The lowest BCUT2D eigenvalue weighted by molar-refractivity contribution is 0.166. The van der Waals surface area contributed by atoms with Crippen LogP contribution in [0.15, 0.2) is 12.1 Å². The van der Waals surface area contributed by atoms with Crippen LogP contribution in [0.25, 0.3) is 0 Å². The van der Waals surface area contributed by atoms with Gasteiger partial charge in [-0.2, -0.15) is 0 Å². The number of rotatable bonds is 3. The normalized spacial score (nSPS) is 12.1. The van der Waals surface area contributed by atoms with E-state index in [1.807, 2.05) is 0 Å². The summed E-state index contributed by atoms with van der Waals surface area (Å²) in [6, 6.07) is 0.226. The molecular formula is C11H13F3N2O2. The van der Waals surface area contributed by atoms with Gasteiger partial charge in [-0.15, -0.1) is 0 Å². The van der Waals surface area contributed by atoms with Gasteiger partial charge < -0.3 is 15.3 Å². The molecule has 0 radical (unpaired) electrons. The number of amides is 2. The van der Waals surface area contributed by atoms with Crippen LogP contribution in [-0.4, -0.2) is 35.7 Å². The molecule has 18 heavy (non-hydrogen) atoms. The molecule has 100 valence electrons. The number of carbonyl (C=O) groups is 1. The van der Waals surface area contributed by atoms with E-state index in [2.05, 4.69) is 5.32 Å². The lowest BCUT2D eigenvalue weighted by atomic mass is 10.3. The summed E-state index contributed by atoms with van der Waals surface area (Å²) in [5.41, 5.74) is -0.201. The van der Waals surface area contributed by atoms with Gasteiger partial charge in [-0.1, -0.05) is 0 Å². The van der Waals surface area contributed by atoms with E-state index in [4.69, 9.17) is 5.11 Å². The summed E-state index contributed by atoms with van der Waals surface area (Å²) in [5, 5.41) is 11.0. The lowest BCUT2D eigenvalue weighted by Gasteiger charge is -2.23. The summed E-state index contributed by atoms with van der Waals surface area (Å²) in [7, 11) is 1.41. The van der Waals surface area contributed by atoms with Gasteiger partial charge in [0.2, 0.25) is 0 Å². The Bertz CT molecular complexity index is 431. The van der Waals surface area contributed by atoms with Crippen LogP contribution in [0.3, 0.4) is 0 Å². The molecule has 0 heterocycles. The number of benzene rings is 1. The first kappa shape index (κ1) is 14.3. The molecule has 0 fully saturated rings. The molecule has 0 aliphatic carbocycles. The smallest absolute Gasteiger partial charge is 0.321 e. The highest BCUT2D eigenvalue weighted by atomic mass is 19.2. The minimum absolute atomic E-state index is 0.201. The number of hydrogen-bond donors (Lipinski definition) is 2. The van der Waals surface area contributed by atoms with Crippen molar-refractivity contribution < 1.29 is 23.1 Å². The summed E-state index contributed by atoms with van der Waals surface area (Å²) < 4.78 is 38.5. The highest BCUT2D eigenvalue weighted by Gasteiger charge is 2.17. The predicted molar refractivity (Wildman–Crippen MR) is 59.6 cm³/mol. The van der Waals surface area contributed by atoms with Crippen molar-refractivity contribution in [1.82, 2.24) is 4.90 Å². The number of anilines is 1.